The summed E-state index contributed by atoms with van der Waals surface area (Å²) in [6.07, 6.45) is 7.63. The van der Waals surface area contributed by atoms with E-state index in [-0.39, 0.29) is 17.6 Å². The summed E-state index contributed by atoms with van der Waals surface area (Å²) >= 11 is 10.3. The number of imidazole rings is 1. The van der Waals surface area contributed by atoms with Crippen LogP contribution in [0, 0.1) is 0 Å². The van der Waals surface area contributed by atoms with Gasteiger partial charge in [0.2, 0.25) is 0 Å². The number of nitrogens with zero attached hydrogens (tertiary/aromatic N) is 5. The molecule has 41 heavy (non-hydrogen) atoms. The van der Waals surface area contributed by atoms with Crippen LogP contribution in [0.5, 0.6) is 0 Å². The molecule has 0 unspecified atom stereocenters. The lowest BCUT2D eigenvalue weighted by atomic mass is 9.76. The monoisotopic (exact) mass is 643 g/mol. The first-order valence-corrected chi connectivity index (χ1v) is 14.8. The molecule has 5 rings (SSSR count). The Hall–Kier alpha value is -2.72. The molecule has 0 bridgehead atoms. The quantitative estimate of drug-likeness (QED) is 0.360. The van der Waals surface area contributed by atoms with Gasteiger partial charge >= 0.3 is 6.09 Å². The van der Waals surface area contributed by atoms with Crippen molar-refractivity contribution in [3.63, 3.8) is 0 Å². The van der Waals surface area contributed by atoms with Gasteiger partial charge in [0.05, 0.1) is 18.1 Å². The Morgan fingerprint density at radius 1 is 1.07 bits per heavy atom. The highest BCUT2D eigenvalue weighted by Gasteiger charge is 2.38. The Balaban J connectivity index is 0.00000189. The Labute approximate surface area is 256 Å². The topological polar surface area (TPSA) is 83.7 Å². The van der Waals surface area contributed by atoms with Crippen molar-refractivity contribution < 1.29 is 14.6 Å². The Morgan fingerprint density at radius 2 is 1.76 bits per heavy atom. The van der Waals surface area contributed by atoms with E-state index in [0.29, 0.717) is 31.2 Å². The third kappa shape index (κ3) is 6.53. The highest BCUT2D eigenvalue weighted by Crippen LogP contribution is 2.47. The van der Waals surface area contributed by atoms with Gasteiger partial charge in [-0.25, -0.2) is 9.78 Å². The van der Waals surface area contributed by atoms with Crippen LogP contribution >= 0.6 is 27.5 Å². The molecule has 1 fully saturated rings. The van der Waals surface area contributed by atoms with E-state index in [9.17, 15) is 4.79 Å². The number of carbonyl (C=O) groups excluding carboxylic acids is 1. The zero-order valence-corrected chi connectivity index (χ0v) is 27.1. The van der Waals surface area contributed by atoms with E-state index in [4.69, 9.17) is 26.4 Å². The number of aryl methyl sites for hydroxylation is 1. The Bertz CT molecular complexity index is 1440. The number of aliphatic hydroxyl groups is 1. The third-order valence-corrected chi connectivity index (χ3v) is 8.21. The van der Waals surface area contributed by atoms with E-state index >= 15 is 0 Å². The lowest BCUT2D eigenvalue weighted by molar-refractivity contribution is 0.0118. The first kappa shape index (κ1) is 31.2. The summed E-state index contributed by atoms with van der Waals surface area (Å²) in [5, 5.41) is 7.69. The van der Waals surface area contributed by atoms with E-state index in [1.165, 1.54) is 0 Å². The molecule has 1 N–H and O–H groups in total. The van der Waals surface area contributed by atoms with Gasteiger partial charge in [-0.2, -0.15) is 0 Å². The number of carbonyl (C=O) groups is 1. The Morgan fingerprint density at radius 3 is 2.37 bits per heavy atom. The lowest BCUT2D eigenvalue weighted by Gasteiger charge is -2.40. The number of benzene rings is 1. The van der Waals surface area contributed by atoms with Crippen molar-refractivity contribution in [1.29, 1.82) is 0 Å². The number of allylic oxidation sites excluding steroid dienone is 1. The molecule has 0 radical (unpaired) electrons. The molecule has 1 saturated heterocycles. The summed E-state index contributed by atoms with van der Waals surface area (Å²) in [6, 6.07) is 8.21. The number of rotatable bonds is 3. The normalized spacial score (nSPS) is 17.5. The zero-order chi connectivity index (χ0) is 30.1. The van der Waals surface area contributed by atoms with Crippen molar-refractivity contribution in [3.8, 4) is 0 Å². The minimum absolute atomic E-state index is 0.0998. The first-order valence-electron chi connectivity index (χ1n) is 13.7. The molecular formula is C31H39BrClN5O3. The standard InChI is InChI=1S/C30H35BrClN5O2.CH4O/c1-29(2,3)39-28(38)37-11-9-36(10-12-37)27-22-8-7-21(32)15-23(22)24(14-19-13-20(31)16-34-26(19)27)30(4,5)25-17-33-18-35(25)6;1-2/h7-8,13-18,27H,9-12H2,1-6H3;2H,1H3/t27-;/m1./s1. The molecule has 3 aromatic rings. The second-order valence-electron chi connectivity index (χ2n) is 11.8. The molecule has 8 nitrogen and oxygen atoms in total. The summed E-state index contributed by atoms with van der Waals surface area (Å²) in [4.78, 5) is 26.3. The number of hydrogen-bond donors (Lipinski definition) is 1. The van der Waals surface area contributed by atoms with Gasteiger partial charge in [0.15, 0.2) is 0 Å². The van der Waals surface area contributed by atoms with Gasteiger partial charge in [-0.1, -0.05) is 31.5 Å². The predicted octanol–water partition coefficient (Wildman–Crippen LogP) is 6.31. The van der Waals surface area contributed by atoms with Gasteiger partial charge in [-0.15, -0.1) is 0 Å². The van der Waals surface area contributed by atoms with E-state index in [2.05, 4.69) is 68.5 Å². The van der Waals surface area contributed by atoms with Crippen LogP contribution in [-0.2, 0) is 17.2 Å². The Kier molecular flexibility index (Phi) is 9.33. The van der Waals surface area contributed by atoms with E-state index in [1.54, 1.807) is 4.90 Å². The maximum atomic E-state index is 12.8. The van der Waals surface area contributed by atoms with E-state index in [1.807, 2.05) is 52.6 Å². The van der Waals surface area contributed by atoms with Crippen molar-refractivity contribution in [2.45, 2.75) is 51.7 Å². The average Bonchev–Trinajstić information content (AvgIpc) is 3.30. The molecule has 1 atom stereocenters. The highest BCUT2D eigenvalue weighted by atomic mass is 79.9. The fourth-order valence-electron chi connectivity index (χ4n) is 5.66. The van der Waals surface area contributed by atoms with Crippen LogP contribution in [0.4, 0.5) is 4.79 Å². The minimum Gasteiger partial charge on any atom is -0.444 e. The molecule has 2 aliphatic rings. The maximum absolute atomic E-state index is 12.8. The maximum Gasteiger partial charge on any atom is 0.410 e. The number of ether oxygens (including phenoxy) is 1. The number of aliphatic hydroxyl groups excluding tert-OH is 1. The number of aromatic nitrogens is 3. The van der Waals surface area contributed by atoms with Crippen LogP contribution in [0.1, 0.15) is 68.7 Å². The van der Waals surface area contributed by atoms with Crippen molar-refractivity contribution in [3.05, 3.63) is 80.6 Å². The third-order valence-electron chi connectivity index (χ3n) is 7.54. The lowest BCUT2D eigenvalue weighted by Crippen LogP contribution is -2.51. The van der Waals surface area contributed by atoms with Gasteiger partial charge in [-0.3, -0.25) is 9.88 Å². The van der Waals surface area contributed by atoms with Gasteiger partial charge in [0, 0.05) is 73.3 Å². The van der Waals surface area contributed by atoms with Gasteiger partial charge in [0.25, 0.3) is 0 Å². The van der Waals surface area contributed by atoms with E-state index in [0.717, 1.165) is 45.2 Å². The van der Waals surface area contributed by atoms with Crippen molar-refractivity contribution in [2.24, 2.45) is 7.05 Å². The summed E-state index contributed by atoms with van der Waals surface area (Å²) in [5.74, 6) is 0. The fraction of sp³-hybridized carbons (Fsp3) is 0.452. The molecule has 0 spiro atoms. The van der Waals surface area contributed by atoms with Gasteiger partial charge in [-0.05, 0) is 83.2 Å². The highest BCUT2D eigenvalue weighted by molar-refractivity contribution is 9.10. The summed E-state index contributed by atoms with van der Waals surface area (Å²) in [7, 11) is 3.03. The number of amides is 1. The number of fused-ring (bicyclic) bond motifs is 2. The van der Waals surface area contributed by atoms with Crippen LogP contribution in [-0.4, -0.2) is 74.4 Å². The second kappa shape index (κ2) is 12.3. The zero-order valence-electron chi connectivity index (χ0n) is 24.8. The largest absolute Gasteiger partial charge is 0.444 e. The molecule has 1 aliphatic heterocycles. The molecule has 3 heterocycles. The van der Waals surface area contributed by atoms with Crippen LogP contribution in [0.15, 0.2) is 47.5 Å². The van der Waals surface area contributed by atoms with Crippen LogP contribution in [0.25, 0.3) is 11.6 Å². The number of pyridine rings is 1. The SMILES string of the molecule is CO.Cn1cncc1C(C)(C)C1=Cc2cc(Br)cnc2[C@H](N2CCN(C(=O)OC(C)(C)C)CC2)c2ccc(Cl)cc21. The smallest absolute Gasteiger partial charge is 0.410 e. The van der Waals surface area contributed by atoms with Crippen molar-refractivity contribution in [2.75, 3.05) is 33.3 Å². The molecule has 2 aromatic heterocycles. The molecule has 220 valence electrons. The predicted molar refractivity (Wildman–Crippen MR) is 167 cm³/mol. The number of piperazine rings is 1. The van der Waals surface area contributed by atoms with Crippen molar-refractivity contribution in [1.82, 2.24) is 24.3 Å². The van der Waals surface area contributed by atoms with Crippen LogP contribution < -0.4 is 0 Å². The summed E-state index contributed by atoms with van der Waals surface area (Å²) in [5.41, 5.74) is 5.67. The van der Waals surface area contributed by atoms with Crippen molar-refractivity contribution >= 4 is 45.3 Å². The van der Waals surface area contributed by atoms with E-state index < -0.39 is 5.60 Å². The van der Waals surface area contributed by atoms with Crippen LogP contribution in [0.3, 0.4) is 0 Å². The summed E-state index contributed by atoms with van der Waals surface area (Å²) in [6.45, 7) is 12.7. The molecule has 1 amide bonds. The van der Waals surface area contributed by atoms with Crippen LogP contribution in [0.2, 0.25) is 5.02 Å². The minimum atomic E-state index is -0.521. The fourth-order valence-corrected chi connectivity index (χ4v) is 6.18. The van der Waals surface area contributed by atoms with Gasteiger partial charge < -0.3 is 19.3 Å². The molecule has 0 saturated carbocycles. The first-order chi connectivity index (χ1) is 19.3. The number of halogens is 2. The molecule has 10 heteroatoms. The molecule has 1 aliphatic carbocycles. The average molecular weight is 645 g/mol. The molecular weight excluding hydrogens is 606 g/mol. The van der Waals surface area contributed by atoms with Gasteiger partial charge in [0.1, 0.15) is 5.60 Å². The second-order valence-corrected chi connectivity index (χ2v) is 13.2. The number of hydrogen-bond acceptors (Lipinski definition) is 6. The summed E-state index contributed by atoms with van der Waals surface area (Å²) < 4.78 is 8.63. The molecule has 1 aromatic carbocycles.